The summed E-state index contributed by atoms with van der Waals surface area (Å²) >= 11 is 1.54. The molecule has 28 heavy (non-hydrogen) atoms. The highest BCUT2D eigenvalue weighted by Gasteiger charge is 2.17. The number of aryl methyl sites for hydroxylation is 2. The minimum Gasteiger partial charge on any atom is -0.383 e. The van der Waals surface area contributed by atoms with Crippen LogP contribution in [-0.2, 0) is 27.6 Å². The molecule has 3 rings (SSSR count). The highest BCUT2D eigenvalue weighted by molar-refractivity contribution is 7.89. The van der Waals surface area contributed by atoms with Crippen LogP contribution in [0.3, 0.4) is 0 Å². The topological polar surface area (TPSA) is 97.4 Å². The lowest BCUT2D eigenvalue weighted by atomic mass is 10.0. The summed E-state index contributed by atoms with van der Waals surface area (Å²) in [5, 5.41) is 3.45. The van der Waals surface area contributed by atoms with Gasteiger partial charge in [-0.2, -0.15) is 0 Å². The maximum Gasteiger partial charge on any atom is 0.257 e. The number of sulfonamides is 1. The van der Waals surface area contributed by atoms with Crippen LogP contribution in [0, 0.1) is 0 Å². The summed E-state index contributed by atoms with van der Waals surface area (Å²) in [6.45, 7) is 0.479. The maximum atomic E-state index is 12.5. The summed E-state index contributed by atoms with van der Waals surface area (Å²) in [5.74, 6) is -0.294. The minimum absolute atomic E-state index is 0.109. The highest BCUT2D eigenvalue weighted by Crippen LogP contribution is 2.28. The van der Waals surface area contributed by atoms with Gasteiger partial charge in [0.25, 0.3) is 5.91 Å². The largest absolute Gasteiger partial charge is 0.383 e. The van der Waals surface area contributed by atoms with Crippen LogP contribution in [0.2, 0.25) is 0 Å². The van der Waals surface area contributed by atoms with Crippen molar-refractivity contribution < 1.29 is 17.9 Å². The number of amides is 1. The predicted molar refractivity (Wildman–Crippen MR) is 109 cm³/mol. The first kappa shape index (κ1) is 20.9. The molecule has 0 radical (unpaired) electrons. The van der Waals surface area contributed by atoms with Crippen LogP contribution in [0.5, 0.6) is 0 Å². The Bertz CT molecular complexity index is 882. The van der Waals surface area contributed by atoms with E-state index >= 15 is 0 Å². The number of aromatic nitrogens is 1. The van der Waals surface area contributed by atoms with Gasteiger partial charge in [-0.15, -0.1) is 11.3 Å². The van der Waals surface area contributed by atoms with Crippen molar-refractivity contribution in [2.75, 3.05) is 25.6 Å². The standard InChI is InChI=1S/C19H25N3O4S2/c1-26-13-12-20-28(24,25)15-10-8-14(9-11-15)18(23)22-19-21-16-6-4-2-3-5-7-17(16)27-19/h8-11,20H,2-7,12-13H2,1H3,(H,21,22,23). The van der Waals surface area contributed by atoms with Crippen molar-refractivity contribution in [3.05, 3.63) is 40.4 Å². The number of thiazole rings is 1. The minimum atomic E-state index is -3.61. The molecule has 0 aliphatic heterocycles. The fraction of sp³-hybridized carbons (Fsp3) is 0.474. The number of fused-ring (bicyclic) bond motifs is 1. The average molecular weight is 424 g/mol. The van der Waals surface area contributed by atoms with E-state index in [1.54, 1.807) is 0 Å². The molecule has 1 aliphatic carbocycles. The van der Waals surface area contributed by atoms with E-state index < -0.39 is 10.0 Å². The third-order valence-corrected chi connectivity index (χ3v) is 7.14. The normalized spacial score (nSPS) is 14.8. The van der Waals surface area contributed by atoms with Crippen molar-refractivity contribution in [2.45, 2.75) is 43.4 Å². The SMILES string of the molecule is COCCNS(=O)(=O)c1ccc(C(=O)Nc2nc3c(s2)CCCCCC3)cc1. The summed E-state index contributed by atoms with van der Waals surface area (Å²) < 4.78 is 31.6. The number of carbonyl (C=O) groups excluding carboxylic acids is 1. The van der Waals surface area contributed by atoms with Gasteiger partial charge in [0, 0.05) is 24.1 Å². The Morgan fingerprint density at radius 2 is 1.86 bits per heavy atom. The number of nitrogens with one attached hydrogen (secondary N) is 2. The molecule has 1 aromatic carbocycles. The summed E-state index contributed by atoms with van der Waals surface area (Å²) in [5.41, 5.74) is 1.49. The van der Waals surface area contributed by atoms with Crippen LogP contribution in [0.25, 0.3) is 0 Å². The Kier molecular flexibility index (Phi) is 7.17. The fourth-order valence-corrected chi connectivity index (χ4v) is 5.13. The molecule has 1 amide bonds. The van der Waals surface area contributed by atoms with Gasteiger partial charge in [0.05, 0.1) is 17.2 Å². The second-order valence-corrected chi connectivity index (χ2v) is 9.52. The van der Waals surface area contributed by atoms with Crippen molar-refractivity contribution in [1.29, 1.82) is 0 Å². The van der Waals surface area contributed by atoms with Gasteiger partial charge in [-0.3, -0.25) is 10.1 Å². The Hall–Kier alpha value is -1.81. The zero-order chi connectivity index (χ0) is 20.0. The first-order valence-corrected chi connectivity index (χ1v) is 11.7. The number of ether oxygens (including phenoxy) is 1. The molecular formula is C19H25N3O4S2. The van der Waals surface area contributed by atoms with Crippen LogP contribution in [0.1, 0.15) is 46.6 Å². The quantitative estimate of drug-likeness (QED) is 0.667. The van der Waals surface area contributed by atoms with Gasteiger partial charge in [-0.05, 0) is 49.9 Å². The van der Waals surface area contributed by atoms with Gasteiger partial charge in [-0.25, -0.2) is 18.1 Å². The van der Waals surface area contributed by atoms with Gasteiger partial charge >= 0.3 is 0 Å². The first-order valence-electron chi connectivity index (χ1n) is 9.38. The molecule has 9 heteroatoms. The summed E-state index contributed by atoms with van der Waals surface area (Å²) in [7, 11) is -2.11. The number of hydrogen-bond acceptors (Lipinski definition) is 6. The van der Waals surface area contributed by atoms with Crippen molar-refractivity contribution >= 4 is 32.4 Å². The summed E-state index contributed by atoms with van der Waals surface area (Å²) in [6, 6.07) is 5.85. The van der Waals surface area contributed by atoms with E-state index in [-0.39, 0.29) is 24.0 Å². The van der Waals surface area contributed by atoms with E-state index in [2.05, 4.69) is 15.0 Å². The number of carbonyl (C=O) groups is 1. The molecule has 1 heterocycles. The molecule has 0 spiro atoms. The van der Waals surface area contributed by atoms with Crippen molar-refractivity contribution in [2.24, 2.45) is 0 Å². The van der Waals surface area contributed by atoms with Crippen LogP contribution >= 0.6 is 11.3 Å². The highest BCUT2D eigenvalue weighted by atomic mass is 32.2. The van der Waals surface area contributed by atoms with E-state index in [9.17, 15) is 13.2 Å². The Labute approximate surface area is 169 Å². The molecule has 1 aliphatic rings. The molecule has 2 aromatic rings. The van der Waals surface area contributed by atoms with E-state index in [0.29, 0.717) is 10.7 Å². The van der Waals surface area contributed by atoms with Crippen LogP contribution in [-0.4, -0.2) is 39.6 Å². The summed E-state index contributed by atoms with van der Waals surface area (Å²) in [6.07, 6.45) is 6.76. The molecule has 0 fully saturated rings. The van der Waals surface area contributed by atoms with Crippen molar-refractivity contribution in [3.8, 4) is 0 Å². The van der Waals surface area contributed by atoms with Crippen molar-refractivity contribution in [3.63, 3.8) is 0 Å². The molecule has 0 unspecified atom stereocenters. The number of hydrogen-bond donors (Lipinski definition) is 2. The van der Waals surface area contributed by atoms with Gasteiger partial charge in [0.15, 0.2) is 5.13 Å². The number of rotatable bonds is 7. The zero-order valence-corrected chi connectivity index (χ0v) is 17.5. The number of anilines is 1. The first-order chi connectivity index (χ1) is 13.5. The van der Waals surface area contributed by atoms with E-state index in [1.165, 1.54) is 60.4 Å². The molecule has 0 atom stereocenters. The monoisotopic (exact) mass is 423 g/mol. The lowest BCUT2D eigenvalue weighted by Gasteiger charge is -2.07. The van der Waals surface area contributed by atoms with Crippen LogP contribution < -0.4 is 10.0 Å². The molecule has 1 aromatic heterocycles. The van der Waals surface area contributed by atoms with Gasteiger partial charge < -0.3 is 4.74 Å². The Morgan fingerprint density at radius 1 is 1.14 bits per heavy atom. The Morgan fingerprint density at radius 3 is 2.57 bits per heavy atom. The van der Waals surface area contributed by atoms with E-state index in [0.717, 1.165) is 31.4 Å². The lowest BCUT2D eigenvalue weighted by molar-refractivity contribution is 0.102. The van der Waals surface area contributed by atoms with Gasteiger partial charge in [0.2, 0.25) is 10.0 Å². The lowest BCUT2D eigenvalue weighted by Crippen LogP contribution is -2.27. The smallest absolute Gasteiger partial charge is 0.257 e. The molecule has 0 saturated carbocycles. The number of nitrogens with zero attached hydrogens (tertiary/aromatic N) is 1. The zero-order valence-electron chi connectivity index (χ0n) is 15.9. The third-order valence-electron chi connectivity index (χ3n) is 4.59. The van der Waals surface area contributed by atoms with Crippen molar-refractivity contribution in [1.82, 2.24) is 9.71 Å². The fourth-order valence-electron chi connectivity index (χ4n) is 3.08. The number of methoxy groups -OCH3 is 1. The van der Waals surface area contributed by atoms with Crippen LogP contribution in [0.4, 0.5) is 5.13 Å². The second kappa shape index (κ2) is 9.60. The van der Waals surface area contributed by atoms with Crippen LogP contribution in [0.15, 0.2) is 29.2 Å². The summed E-state index contributed by atoms with van der Waals surface area (Å²) in [4.78, 5) is 18.5. The maximum absolute atomic E-state index is 12.5. The van der Waals surface area contributed by atoms with Gasteiger partial charge in [-0.1, -0.05) is 12.8 Å². The second-order valence-electron chi connectivity index (χ2n) is 6.67. The Balaban J connectivity index is 1.66. The average Bonchev–Trinajstić information content (AvgIpc) is 3.02. The predicted octanol–water partition coefficient (Wildman–Crippen LogP) is 2.98. The molecule has 0 saturated heterocycles. The molecule has 2 N–H and O–H groups in total. The molecule has 0 bridgehead atoms. The molecule has 7 nitrogen and oxygen atoms in total. The number of benzene rings is 1. The van der Waals surface area contributed by atoms with E-state index in [1.807, 2.05) is 0 Å². The molecule has 152 valence electrons. The van der Waals surface area contributed by atoms with E-state index in [4.69, 9.17) is 4.74 Å². The third kappa shape index (κ3) is 5.38. The molecular weight excluding hydrogens is 398 g/mol. The van der Waals surface area contributed by atoms with Gasteiger partial charge in [0.1, 0.15) is 0 Å².